The first-order chi connectivity index (χ1) is 13.0. The fraction of sp³-hybridized carbons (Fsp3) is 0.318. The van der Waals surface area contributed by atoms with Crippen molar-refractivity contribution in [3.05, 3.63) is 75.8 Å². The molecule has 0 aliphatic rings. The molecule has 1 atom stereocenters. The first-order valence-electron chi connectivity index (χ1n) is 9.30. The van der Waals surface area contributed by atoms with Crippen LogP contribution >= 0.6 is 0 Å². The highest BCUT2D eigenvalue weighted by atomic mass is 16.2. The minimum absolute atomic E-state index is 0.0211. The molecule has 0 saturated heterocycles. The quantitative estimate of drug-likeness (QED) is 0.727. The van der Waals surface area contributed by atoms with E-state index in [1.54, 1.807) is 6.07 Å². The van der Waals surface area contributed by atoms with E-state index < -0.39 is 0 Å². The number of aromatic nitrogens is 2. The summed E-state index contributed by atoms with van der Waals surface area (Å²) in [6.07, 6.45) is 2.58. The highest BCUT2D eigenvalue weighted by Gasteiger charge is 2.13. The Labute approximate surface area is 159 Å². The second-order valence-corrected chi connectivity index (χ2v) is 6.90. The van der Waals surface area contributed by atoms with Gasteiger partial charge in [0, 0.05) is 13.0 Å². The maximum Gasteiger partial charge on any atom is 0.261 e. The van der Waals surface area contributed by atoms with Crippen LogP contribution in [0.4, 0.5) is 0 Å². The van der Waals surface area contributed by atoms with Gasteiger partial charge in [0.1, 0.15) is 0 Å². The number of aryl methyl sites for hydroxylation is 3. The van der Waals surface area contributed by atoms with Gasteiger partial charge in [0.25, 0.3) is 5.56 Å². The van der Waals surface area contributed by atoms with Gasteiger partial charge in [-0.05, 0) is 37.5 Å². The molecule has 140 valence electrons. The molecule has 0 aliphatic carbocycles. The van der Waals surface area contributed by atoms with Crippen LogP contribution in [-0.4, -0.2) is 15.5 Å². The molecule has 1 N–H and O–H groups in total. The van der Waals surface area contributed by atoms with Crippen LogP contribution in [0, 0.1) is 13.8 Å². The number of fused-ring (bicyclic) bond motifs is 1. The first kappa shape index (κ1) is 18.8. The summed E-state index contributed by atoms with van der Waals surface area (Å²) < 4.78 is 1.51. The molecule has 0 aliphatic heterocycles. The Morgan fingerprint density at radius 2 is 1.89 bits per heavy atom. The Balaban J connectivity index is 1.68. The van der Waals surface area contributed by atoms with Crippen molar-refractivity contribution in [3.63, 3.8) is 0 Å². The summed E-state index contributed by atoms with van der Waals surface area (Å²) in [4.78, 5) is 29.4. The smallest absolute Gasteiger partial charge is 0.261 e. The summed E-state index contributed by atoms with van der Waals surface area (Å²) in [6.45, 7) is 6.33. The molecule has 0 radical (unpaired) electrons. The number of hydrogen-bond acceptors (Lipinski definition) is 3. The molecule has 0 saturated carbocycles. The van der Waals surface area contributed by atoms with Crippen molar-refractivity contribution in [2.75, 3.05) is 0 Å². The van der Waals surface area contributed by atoms with Gasteiger partial charge in [-0.1, -0.05) is 48.9 Å². The number of nitrogens with one attached hydrogen (secondary N) is 1. The van der Waals surface area contributed by atoms with Crippen molar-refractivity contribution in [3.8, 4) is 0 Å². The van der Waals surface area contributed by atoms with Crippen molar-refractivity contribution in [1.82, 2.24) is 14.9 Å². The summed E-state index contributed by atoms with van der Waals surface area (Å²) >= 11 is 0. The molecule has 0 bridgehead atoms. The molecule has 1 aromatic heterocycles. The Kier molecular flexibility index (Phi) is 5.69. The number of amides is 1. The fourth-order valence-electron chi connectivity index (χ4n) is 3.21. The summed E-state index contributed by atoms with van der Waals surface area (Å²) in [6, 6.07) is 13.7. The van der Waals surface area contributed by atoms with Gasteiger partial charge in [-0.25, -0.2) is 4.98 Å². The lowest BCUT2D eigenvalue weighted by Gasteiger charge is -2.18. The van der Waals surface area contributed by atoms with Gasteiger partial charge in [0.2, 0.25) is 5.91 Å². The van der Waals surface area contributed by atoms with Gasteiger partial charge in [0.05, 0.1) is 23.3 Å². The molecule has 0 fully saturated rings. The number of nitrogens with zero attached hydrogens (tertiary/aromatic N) is 2. The molecule has 3 rings (SSSR count). The number of carbonyl (C=O) groups is 1. The highest BCUT2D eigenvalue weighted by Crippen LogP contribution is 2.17. The molecule has 27 heavy (non-hydrogen) atoms. The maximum atomic E-state index is 12.6. The molecule has 5 nitrogen and oxygen atoms in total. The standard InChI is InChI=1S/C22H25N3O2/c1-4-19(17-10-8-15(2)9-11-17)24-20(26)12-13-25-14-23-21-16(3)6-5-7-18(21)22(25)27/h5-11,14,19H,4,12-13H2,1-3H3,(H,24,26). The van der Waals surface area contributed by atoms with Gasteiger partial charge in [0.15, 0.2) is 0 Å². The van der Waals surface area contributed by atoms with E-state index in [9.17, 15) is 9.59 Å². The van der Waals surface area contributed by atoms with Gasteiger partial charge in [-0.3, -0.25) is 14.2 Å². The third kappa shape index (κ3) is 4.25. The Hall–Kier alpha value is -2.95. The molecule has 3 aromatic rings. The largest absolute Gasteiger partial charge is 0.349 e. The summed E-state index contributed by atoms with van der Waals surface area (Å²) in [5.41, 5.74) is 3.86. The molecule has 1 unspecified atom stereocenters. The Morgan fingerprint density at radius 1 is 1.15 bits per heavy atom. The van der Waals surface area contributed by atoms with Crippen molar-refractivity contribution < 1.29 is 4.79 Å². The minimum atomic E-state index is -0.109. The zero-order valence-corrected chi connectivity index (χ0v) is 16.0. The van der Waals surface area contributed by atoms with Crippen LogP contribution in [0.1, 0.15) is 42.5 Å². The van der Waals surface area contributed by atoms with Crippen LogP contribution in [0.5, 0.6) is 0 Å². The van der Waals surface area contributed by atoms with E-state index in [2.05, 4.69) is 10.3 Å². The molecular formula is C22H25N3O2. The first-order valence-corrected chi connectivity index (χ1v) is 9.30. The number of rotatable bonds is 6. The molecule has 1 amide bonds. The van der Waals surface area contributed by atoms with Gasteiger partial charge in [-0.15, -0.1) is 0 Å². The van der Waals surface area contributed by atoms with Crippen molar-refractivity contribution >= 4 is 16.8 Å². The topological polar surface area (TPSA) is 64.0 Å². The van der Waals surface area contributed by atoms with Gasteiger partial charge < -0.3 is 5.32 Å². The number of para-hydroxylation sites is 1. The zero-order valence-electron chi connectivity index (χ0n) is 16.0. The third-order valence-electron chi connectivity index (χ3n) is 4.86. The van der Waals surface area contributed by atoms with Crippen LogP contribution in [0.2, 0.25) is 0 Å². The van der Waals surface area contributed by atoms with Crippen LogP contribution in [0.3, 0.4) is 0 Å². The van der Waals surface area contributed by atoms with Gasteiger partial charge in [-0.2, -0.15) is 0 Å². The minimum Gasteiger partial charge on any atom is -0.349 e. The molecule has 0 spiro atoms. The highest BCUT2D eigenvalue weighted by molar-refractivity contribution is 5.80. The van der Waals surface area contributed by atoms with Crippen LogP contribution < -0.4 is 10.9 Å². The summed E-state index contributed by atoms with van der Waals surface area (Å²) in [5.74, 6) is -0.0707. The fourth-order valence-corrected chi connectivity index (χ4v) is 3.21. The Bertz CT molecular complexity index is 1010. The lowest BCUT2D eigenvalue weighted by atomic mass is 10.0. The number of carbonyl (C=O) groups excluding carboxylic acids is 1. The molecule has 1 heterocycles. The average molecular weight is 363 g/mol. The van der Waals surface area contributed by atoms with E-state index in [-0.39, 0.29) is 23.9 Å². The predicted octanol–water partition coefficient (Wildman–Crippen LogP) is 3.67. The number of hydrogen-bond donors (Lipinski definition) is 1. The lowest BCUT2D eigenvalue weighted by molar-refractivity contribution is -0.122. The predicted molar refractivity (Wildman–Crippen MR) is 108 cm³/mol. The van der Waals surface area contributed by atoms with E-state index in [0.717, 1.165) is 17.5 Å². The van der Waals surface area contributed by atoms with E-state index in [1.807, 2.05) is 57.2 Å². The van der Waals surface area contributed by atoms with Crippen molar-refractivity contribution in [2.45, 2.75) is 46.2 Å². The number of benzene rings is 2. The second-order valence-electron chi connectivity index (χ2n) is 6.90. The molecular weight excluding hydrogens is 338 g/mol. The van der Waals surface area contributed by atoms with E-state index in [4.69, 9.17) is 0 Å². The molecule has 2 aromatic carbocycles. The monoisotopic (exact) mass is 363 g/mol. The lowest BCUT2D eigenvalue weighted by Crippen LogP contribution is -2.30. The summed E-state index contributed by atoms with van der Waals surface area (Å²) in [5, 5.41) is 3.65. The molecule has 5 heteroatoms. The SMILES string of the molecule is CCC(NC(=O)CCn1cnc2c(C)cccc2c1=O)c1ccc(C)cc1. The summed E-state index contributed by atoms with van der Waals surface area (Å²) in [7, 11) is 0. The van der Waals surface area contributed by atoms with Gasteiger partial charge >= 0.3 is 0 Å². The van der Waals surface area contributed by atoms with E-state index in [1.165, 1.54) is 16.5 Å². The van der Waals surface area contributed by atoms with Crippen LogP contribution in [-0.2, 0) is 11.3 Å². The van der Waals surface area contributed by atoms with E-state index in [0.29, 0.717) is 17.4 Å². The Morgan fingerprint density at radius 3 is 2.59 bits per heavy atom. The normalized spacial score (nSPS) is 12.1. The van der Waals surface area contributed by atoms with Crippen molar-refractivity contribution in [2.24, 2.45) is 0 Å². The second kappa shape index (κ2) is 8.16. The van der Waals surface area contributed by atoms with Crippen molar-refractivity contribution in [1.29, 1.82) is 0 Å². The van der Waals surface area contributed by atoms with E-state index >= 15 is 0 Å². The zero-order chi connectivity index (χ0) is 19.4. The average Bonchev–Trinajstić information content (AvgIpc) is 2.67. The van der Waals surface area contributed by atoms with Crippen LogP contribution in [0.25, 0.3) is 10.9 Å². The van der Waals surface area contributed by atoms with Crippen LogP contribution in [0.15, 0.2) is 53.6 Å². The third-order valence-corrected chi connectivity index (χ3v) is 4.86. The maximum absolute atomic E-state index is 12.6.